The standard InChI is InChI=1S/C19H22N4O3/c1-4-24-14-10-8-7-9-13(14)15-17(11-20)16(22)23-19(25-5-2,26-6-3)18(15,17)12-21/h7-10,15H,4-6H2,1-3H3,(H2,22,23). The second-order valence-electron chi connectivity index (χ2n) is 6.19. The quantitative estimate of drug-likeness (QED) is 0.752. The second-order valence-corrected chi connectivity index (χ2v) is 6.19. The topological polar surface area (TPSA) is 114 Å². The maximum Gasteiger partial charge on any atom is 0.293 e. The molecule has 1 fully saturated rings. The van der Waals surface area contributed by atoms with Crippen molar-refractivity contribution in [2.75, 3.05) is 19.8 Å². The largest absolute Gasteiger partial charge is 0.494 e. The Kier molecular flexibility index (Phi) is 4.39. The van der Waals surface area contributed by atoms with Gasteiger partial charge in [-0.1, -0.05) is 18.2 Å². The molecule has 1 aromatic carbocycles. The van der Waals surface area contributed by atoms with Gasteiger partial charge in [0.05, 0.1) is 18.7 Å². The van der Waals surface area contributed by atoms with E-state index in [0.29, 0.717) is 12.4 Å². The van der Waals surface area contributed by atoms with Crippen molar-refractivity contribution in [2.24, 2.45) is 21.6 Å². The number of nitrogens with zero attached hydrogens (tertiary/aromatic N) is 3. The molecule has 1 saturated carbocycles. The molecule has 7 heteroatoms. The van der Waals surface area contributed by atoms with Gasteiger partial charge in [0, 0.05) is 24.7 Å². The Bertz CT molecular complexity index is 819. The summed E-state index contributed by atoms with van der Waals surface area (Å²) in [6.45, 7) is 6.45. The number of aliphatic imine (C=N–C) groups is 1. The summed E-state index contributed by atoms with van der Waals surface area (Å²) in [5, 5.41) is 20.2. The van der Waals surface area contributed by atoms with Crippen LogP contribution in [0, 0.1) is 33.5 Å². The number of hydrogen-bond acceptors (Lipinski definition) is 7. The van der Waals surface area contributed by atoms with Gasteiger partial charge in [0.15, 0.2) is 5.41 Å². The van der Waals surface area contributed by atoms with Crippen LogP contribution in [0.3, 0.4) is 0 Å². The van der Waals surface area contributed by atoms with E-state index in [4.69, 9.17) is 19.9 Å². The minimum absolute atomic E-state index is 0.0692. The van der Waals surface area contributed by atoms with E-state index in [1.165, 1.54) is 0 Å². The first-order valence-electron chi connectivity index (χ1n) is 8.73. The normalized spacial score (nSPS) is 30.7. The van der Waals surface area contributed by atoms with Gasteiger partial charge in [0.2, 0.25) is 0 Å². The lowest BCUT2D eigenvalue weighted by Crippen LogP contribution is -2.43. The average molecular weight is 354 g/mol. The molecule has 0 saturated heterocycles. The Labute approximate surface area is 153 Å². The van der Waals surface area contributed by atoms with Crippen LogP contribution in [0.2, 0.25) is 0 Å². The van der Waals surface area contributed by atoms with Crippen molar-refractivity contribution in [3.63, 3.8) is 0 Å². The van der Waals surface area contributed by atoms with Gasteiger partial charge in [-0.3, -0.25) is 0 Å². The molecule has 1 aliphatic heterocycles. The first kappa shape index (κ1) is 18.2. The number of hydrogen-bond donors (Lipinski definition) is 1. The van der Waals surface area contributed by atoms with Gasteiger partial charge in [-0.05, 0) is 26.8 Å². The molecule has 0 bridgehead atoms. The van der Waals surface area contributed by atoms with Crippen molar-refractivity contribution in [3.05, 3.63) is 29.8 Å². The molecule has 2 N–H and O–H groups in total. The molecule has 2 aliphatic rings. The molecule has 7 nitrogen and oxygen atoms in total. The van der Waals surface area contributed by atoms with Crippen LogP contribution >= 0.6 is 0 Å². The summed E-state index contributed by atoms with van der Waals surface area (Å²) < 4.78 is 17.4. The number of para-hydroxylation sites is 1. The van der Waals surface area contributed by atoms with Crippen LogP contribution in [-0.2, 0) is 9.47 Å². The van der Waals surface area contributed by atoms with Crippen LogP contribution in [0.15, 0.2) is 29.3 Å². The number of ether oxygens (including phenoxy) is 3. The van der Waals surface area contributed by atoms with Crippen LogP contribution < -0.4 is 10.5 Å². The first-order valence-corrected chi connectivity index (χ1v) is 8.73. The third kappa shape index (κ3) is 1.90. The van der Waals surface area contributed by atoms with Crippen molar-refractivity contribution >= 4 is 5.84 Å². The molecule has 0 spiro atoms. The van der Waals surface area contributed by atoms with Gasteiger partial charge in [-0.15, -0.1) is 0 Å². The molecule has 3 rings (SSSR count). The van der Waals surface area contributed by atoms with E-state index < -0.39 is 22.7 Å². The molecule has 0 aromatic heterocycles. The monoisotopic (exact) mass is 354 g/mol. The third-order valence-electron chi connectivity index (χ3n) is 5.14. The zero-order chi connectivity index (χ0) is 19.0. The van der Waals surface area contributed by atoms with Crippen molar-refractivity contribution in [1.29, 1.82) is 10.5 Å². The molecule has 1 aliphatic carbocycles. The second kappa shape index (κ2) is 6.28. The lowest BCUT2D eigenvalue weighted by atomic mass is 9.93. The smallest absolute Gasteiger partial charge is 0.293 e. The molecule has 1 aromatic rings. The summed E-state index contributed by atoms with van der Waals surface area (Å²) in [5.74, 6) is -1.47. The molecule has 3 atom stereocenters. The van der Waals surface area contributed by atoms with E-state index in [2.05, 4.69) is 17.1 Å². The van der Waals surface area contributed by atoms with Crippen molar-refractivity contribution in [2.45, 2.75) is 32.6 Å². The van der Waals surface area contributed by atoms with E-state index in [-0.39, 0.29) is 19.0 Å². The fourth-order valence-electron chi connectivity index (χ4n) is 4.22. The molecule has 26 heavy (non-hydrogen) atoms. The summed E-state index contributed by atoms with van der Waals surface area (Å²) in [7, 11) is 0. The summed E-state index contributed by atoms with van der Waals surface area (Å²) in [6.07, 6.45) is 0. The van der Waals surface area contributed by atoms with Crippen molar-refractivity contribution in [1.82, 2.24) is 0 Å². The van der Waals surface area contributed by atoms with Gasteiger partial charge in [-0.2, -0.15) is 10.5 Å². The Hall–Kier alpha value is -2.61. The van der Waals surface area contributed by atoms with E-state index >= 15 is 0 Å². The number of nitriles is 2. The van der Waals surface area contributed by atoms with E-state index in [0.717, 1.165) is 5.56 Å². The Morgan fingerprint density at radius 1 is 1.08 bits per heavy atom. The van der Waals surface area contributed by atoms with Gasteiger partial charge >= 0.3 is 0 Å². The summed E-state index contributed by atoms with van der Waals surface area (Å²) in [4.78, 5) is 4.33. The van der Waals surface area contributed by atoms with Crippen LogP contribution in [0.25, 0.3) is 0 Å². The molecule has 136 valence electrons. The highest BCUT2D eigenvalue weighted by Crippen LogP contribution is 2.82. The molecule has 1 heterocycles. The molecule has 0 radical (unpaired) electrons. The van der Waals surface area contributed by atoms with Crippen LogP contribution in [-0.4, -0.2) is 31.6 Å². The predicted octanol–water partition coefficient (Wildman–Crippen LogP) is 2.30. The molecule has 0 amide bonds. The Morgan fingerprint density at radius 2 is 1.73 bits per heavy atom. The van der Waals surface area contributed by atoms with E-state index in [9.17, 15) is 10.5 Å². The molecular formula is C19H22N4O3. The number of rotatable bonds is 7. The third-order valence-corrected chi connectivity index (χ3v) is 5.14. The minimum atomic E-state index is -1.60. The SMILES string of the molecule is CCOc1ccccc1C1C2(C#N)C(N)=NC(OCC)(OCC)C12C#N. The lowest BCUT2D eigenvalue weighted by Gasteiger charge is -2.31. The lowest BCUT2D eigenvalue weighted by molar-refractivity contribution is -0.255. The van der Waals surface area contributed by atoms with Gasteiger partial charge < -0.3 is 19.9 Å². The maximum absolute atomic E-state index is 10.2. The highest BCUT2D eigenvalue weighted by Gasteiger charge is 2.94. The minimum Gasteiger partial charge on any atom is -0.494 e. The summed E-state index contributed by atoms with van der Waals surface area (Å²) >= 11 is 0. The fourth-order valence-corrected chi connectivity index (χ4v) is 4.22. The Balaban J connectivity index is 2.23. The van der Waals surface area contributed by atoms with E-state index in [1.807, 2.05) is 31.2 Å². The number of nitrogens with two attached hydrogens (primary N) is 1. The van der Waals surface area contributed by atoms with E-state index in [1.54, 1.807) is 13.8 Å². The number of benzene rings is 1. The average Bonchev–Trinajstić information content (AvgIpc) is 3.21. The van der Waals surface area contributed by atoms with Crippen LogP contribution in [0.1, 0.15) is 32.3 Å². The summed E-state index contributed by atoms with van der Waals surface area (Å²) in [6, 6.07) is 11.9. The van der Waals surface area contributed by atoms with Crippen LogP contribution in [0.4, 0.5) is 0 Å². The first-order chi connectivity index (χ1) is 12.5. The molecule has 3 unspecified atom stereocenters. The zero-order valence-corrected chi connectivity index (χ0v) is 15.2. The number of fused-ring (bicyclic) bond motifs is 1. The van der Waals surface area contributed by atoms with Crippen molar-refractivity contribution < 1.29 is 14.2 Å². The van der Waals surface area contributed by atoms with Gasteiger partial charge in [-0.25, -0.2) is 4.99 Å². The predicted molar refractivity (Wildman–Crippen MR) is 94.0 cm³/mol. The summed E-state index contributed by atoms with van der Waals surface area (Å²) in [5.41, 5.74) is 4.26. The Morgan fingerprint density at radius 3 is 2.27 bits per heavy atom. The maximum atomic E-state index is 10.2. The highest BCUT2D eigenvalue weighted by molar-refractivity contribution is 6.00. The molecular weight excluding hydrogens is 332 g/mol. The van der Waals surface area contributed by atoms with Gasteiger partial charge in [0.1, 0.15) is 17.0 Å². The van der Waals surface area contributed by atoms with Crippen LogP contribution in [0.5, 0.6) is 5.75 Å². The van der Waals surface area contributed by atoms with Gasteiger partial charge in [0.25, 0.3) is 5.91 Å². The zero-order valence-electron chi connectivity index (χ0n) is 15.2. The highest BCUT2D eigenvalue weighted by atomic mass is 16.7. The number of amidine groups is 1. The van der Waals surface area contributed by atoms with Crippen molar-refractivity contribution in [3.8, 4) is 17.9 Å². The fraction of sp³-hybridized carbons (Fsp3) is 0.526.